The van der Waals surface area contributed by atoms with E-state index in [1.54, 1.807) is 7.05 Å². The summed E-state index contributed by atoms with van der Waals surface area (Å²) in [6.07, 6.45) is 6.75. The van der Waals surface area contributed by atoms with Crippen molar-refractivity contribution in [2.45, 2.75) is 62.8 Å². The number of nitrogens with one attached hydrogen (secondary N) is 1. The van der Waals surface area contributed by atoms with Crippen LogP contribution in [0, 0.1) is 17.2 Å². The van der Waals surface area contributed by atoms with Crippen molar-refractivity contribution in [1.82, 2.24) is 4.31 Å². The molecular weight excluding hydrogens is 430 g/mol. The molecule has 1 heterocycles. The quantitative estimate of drug-likeness (QED) is 0.713. The lowest BCUT2D eigenvalue weighted by molar-refractivity contribution is 0.102. The standard InChI is InChI=1S/C23H27N3O3S2/c1-15-7-12-19-20(14-24)23(30-21(19)13-15)25-22(27)16-8-10-18(11-9-16)31(28,29)26(2)17-5-3-4-6-17/h8-11,15,17H,3-7,12-13H2,1-2H3,(H,25,27). The predicted molar refractivity (Wildman–Crippen MR) is 122 cm³/mol. The van der Waals surface area contributed by atoms with Crippen LogP contribution < -0.4 is 5.32 Å². The molecule has 1 aromatic heterocycles. The third-order valence-electron chi connectivity index (χ3n) is 6.48. The first-order valence-electron chi connectivity index (χ1n) is 10.8. The van der Waals surface area contributed by atoms with E-state index in [-0.39, 0.29) is 16.8 Å². The summed E-state index contributed by atoms with van der Waals surface area (Å²) in [4.78, 5) is 14.2. The van der Waals surface area contributed by atoms with E-state index >= 15 is 0 Å². The van der Waals surface area contributed by atoms with Crippen LogP contribution in [0.15, 0.2) is 29.2 Å². The molecule has 0 spiro atoms. The van der Waals surface area contributed by atoms with Crippen molar-refractivity contribution in [2.24, 2.45) is 5.92 Å². The summed E-state index contributed by atoms with van der Waals surface area (Å²) in [5.74, 6) is 0.245. The largest absolute Gasteiger partial charge is 0.312 e. The second-order valence-electron chi connectivity index (χ2n) is 8.61. The van der Waals surface area contributed by atoms with Gasteiger partial charge in [0.15, 0.2) is 0 Å². The molecule has 0 aliphatic heterocycles. The number of anilines is 1. The zero-order valence-electron chi connectivity index (χ0n) is 17.8. The molecule has 6 nitrogen and oxygen atoms in total. The number of thiophene rings is 1. The topological polar surface area (TPSA) is 90.3 Å². The van der Waals surface area contributed by atoms with E-state index in [1.165, 1.54) is 44.8 Å². The minimum Gasteiger partial charge on any atom is -0.312 e. The number of hydrogen-bond acceptors (Lipinski definition) is 5. The van der Waals surface area contributed by atoms with E-state index in [0.29, 0.717) is 22.0 Å². The lowest BCUT2D eigenvalue weighted by Crippen LogP contribution is -2.35. The average molecular weight is 458 g/mol. The summed E-state index contributed by atoms with van der Waals surface area (Å²) in [5.41, 5.74) is 2.00. The molecular formula is C23H27N3O3S2. The molecule has 1 fully saturated rings. The van der Waals surface area contributed by atoms with Crippen LogP contribution in [0.25, 0.3) is 0 Å². The molecule has 1 atom stereocenters. The lowest BCUT2D eigenvalue weighted by Gasteiger charge is -2.23. The molecule has 1 saturated carbocycles. The highest BCUT2D eigenvalue weighted by Crippen LogP contribution is 2.39. The Kier molecular flexibility index (Phi) is 6.20. The summed E-state index contributed by atoms with van der Waals surface area (Å²) in [6, 6.07) is 8.35. The van der Waals surface area contributed by atoms with Crippen molar-refractivity contribution in [1.29, 1.82) is 5.26 Å². The van der Waals surface area contributed by atoms with Crippen LogP contribution in [-0.4, -0.2) is 31.7 Å². The van der Waals surface area contributed by atoms with Crippen molar-refractivity contribution < 1.29 is 13.2 Å². The molecule has 1 aromatic carbocycles. The maximum absolute atomic E-state index is 12.9. The van der Waals surface area contributed by atoms with Crippen LogP contribution in [-0.2, 0) is 22.9 Å². The van der Waals surface area contributed by atoms with Gasteiger partial charge in [0.1, 0.15) is 11.1 Å². The van der Waals surface area contributed by atoms with Gasteiger partial charge in [0.25, 0.3) is 5.91 Å². The number of nitrogens with zero attached hydrogens (tertiary/aromatic N) is 2. The summed E-state index contributed by atoms with van der Waals surface area (Å²) < 4.78 is 27.3. The second kappa shape index (κ2) is 8.73. The van der Waals surface area contributed by atoms with Crippen LogP contribution in [0.5, 0.6) is 0 Å². The first-order chi connectivity index (χ1) is 14.8. The third kappa shape index (κ3) is 4.27. The molecule has 0 saturated heterocycles. The minimum absolute atomic E-state index is 0.0463. The number of hydrogen-bond donors (Lipinski definition) is 1. The van der Waals surface area contributed by atoms with Crippen LogP contribution in [0.2, 0.25) is 0 Å². The van der Waals surface area contributed by atoms with Gasteiger partial charge < -0.3 is 5.32 Å². The van der Waals surface area contributed by atoms with Gasteiger partial charge in [0, 0.05) is 23.5 Å². The van der Waals surface area contributed by atoms with Gasteiger partial charge in [0.05, 0.1) is 10.5 Å². The number of sulfonamides is 1. The van der Waals surface area contributed by atoms with Gasteiger partial charge in [-0.1, -0.05) is 19.8 Å². The van der Waals surface area contributed by atoms with Crippen molar-refractivity contribution >= 4 is 32.3 Å². The number of amides is 1. The number of carbonyl (C=O) groups excluding carboxylic acids is 1. The third-order valence-corrected chi connectivity index (χ3v) is 9.58. The van der Waals surface area contributed by atoms with Crippen LogP contribution in [0.3, 0.4) is 0 Å². The van der Waals surface area contributed by atoms with E-state index in [9.17, 15) is 18.5 Å². The maximum atomic E-state index is 12.9. The molecule has 1 unspecified atom stereocenters. The van der Waals surface area contributed by atoms with Crippen molar-refractivity contribution in [3.8, 4) is 6.07 Å². The van der Waals surface area contributed by atoms with Gasteiger partial charge in [-0.15, -0.1) is 11.3 Å². The molecule has 2 aliphatic rings. The number of rotatable bonds is 5. The highest BCUT2D eigenvalue weighted by atomic mass is 32.2. The van der Waals surface area contributed by atoms with E-state index < -0.39 is 10.0 Å². The Morgan fingerprint density at radius 1 is 1.19 bits per heavy atom. The fraction of sp³-hybridized carbons (Fsp3) is 0.478. The summed E-state index contributed by atoms with van der Waals surface area (Å²) in [7, 11) is -1.95. The maximum Gasteiger partial charge on any atom is 0.256 e. The Morgan fingerprint density at radius 3 is 2.52 bits per heavy atom. The van der Waals surface area contributed by atoms with Gasteiger partial charge in [-0.2, -0.15) is 9.57 Å². The fourth-order valence-corrected chi connectivity index (χ4v) is 7.31. The molecule has 0 radical (unpaired) electrons. The molecule has 4 rings (SSSR count). The molecule has 0 bridgehead atoms. The first-order valence-corrected chi connectivity index (χ1v) is 13.0. The van der Waals surface area contributed by atoms with Crippen LogP contribution in [0.1, 0.15) is 65.4 Å². The zero-order valence-corrected chi connectivity index (χ0v) is 19.5. The normalized spacial score (nSPS) is 19.2. The Hall–Kier alpha value is -2.21. The van der Waals surface area contributed by atoms with Gasteiger partial charge in [-0.3, -0.25) is 4.79 Å². The van der Waals surface area contributed by atoms with E-state index in [2.05, 4.69) is 18.3 Å². The Bertz CT molecular complexity index is 1120. The Morgan fingerprint density at radius 2 is 1.87 bits per heavy atom. The number of fused-ring (bicyclic) bond motifs is 1. The predicted octanol–water partition coefficient (Wildman–Crippen LogP) is 4.56. The molecule has 1 amide bonds. The van der Waals surface area contributed by atoms with Gasteiger partial charge in [-0.25, -0.2) is 8.42 Å². The molecule has 2 aromatic rings. The van der Waals surface area contributed by atoms with E-state index in [1.807, 2.05) is 0 Å². The van der Waals surface area contributed by atoms with Gasteiger partial charge in [-0.05, 0) is 67.9 Å². The molecule has 1 N–H and O–H groups in total. The first kappa shape index (κ1) is 22.0. The highest BCUT2D eigenvalue weighted by molar-refractivity contribution is 7.89. The number of carbonyl (C=O) groups is 1. The summed E-state index contributed by atoms with van der Waals surface area (Å²) in [6.45, 7) is 2.20. The second-order valence-corrected chi connectivity index (χ2v) is 11.7. The average Bonchev–Trinajstić information content (AvgIpc) is 3.40. The lowest BCUT2D eigenvalue weighted by atomic mass is 9.88. The van der Waals surface area contributed by atoms with Gasteiger partial charge in [0.2, 0.25) is 10.0 Å². The highest BCUT2D eigenvalue weighted by Gasteiger charge is 2.30. The number of benzene rings is 1. The number of nitriles is 1. The van der Waals surface area contributed by atoms with Crippen LogP contribution in [0.4, 0.5) is 5.00 Å². The Balaban J connectivity index is 1.51. The molecule has 31 heavy (non-hydrogen) atoms. The SMILES string of the molecule is CC1CCc2c(sc(NC(=O)c3ccc(S(=O)(=O)N(C)C4CCCC4)cc3)c2C#N)C1. The van der Waals surface area contributed by atoms with Crippen molar-refractivity contribution in [3.63, 3.8) is 0 Å². The molecule has 8 heteroatoms. The van der Waals surface area contributed by atoms with Crippen molar-refractivity contribution in [3.05, 3.63) is 45.8 Å². The van der Waals surface area contributed by atoms with E-state index in [4.69, 9.17) is 0 Å². The Labute approximate surface area is 187 Å². The van der Waals surface area contributed by atoms with Crippen LogP contribution >= 0.6 is 11.3 Å². The molecule has 164 valence electrons. The van der Waals surface area contributed by atoms with Gasteiger partial charge >= 0.3 is 0 Å². The monoisotopic (exact) mass is 457 g/mol. The zero-order chi connectivity index (χ0) is 22.2. The summed E-state index contributed by atoms with van der Waals surface area (Å²) in [5, 5.41) is 13.1. The fourth-order valence-electron chi connectivity index (χ4n) is 4.54. The smallest absolute Gasteiger partial charge is 0.256 e. The van der Waals surface area contributed by atoms with Crippen molar-refractivity contribution in [2.75, 3.05) is 12.4 Å². The van der Waals surface area contributed by atoms with E-state index in [0.717, 1.165) is 50.5 Å². The summed E-state index contributed by atoms with van der Waals surface area (Å²) >= 11 is 1.48. The molecule has 2 aliphatic carbocycles. The minimum atomic E-state index is -3.58.